The second-order valence-corrected chi connectivity index (χ2v) is 2.70. The van der Waals surface area contributed by atoms with Gasteiger partial charge in [-0.1, -0.05) is 0 Å². The number of nitrogens with two attached hydrogens (primary N) is 1. The molecule has 0 fully saturated rings. The molecule has 0 radical (unpaired) electrons. The molecule has 2 aromatic heterocycles. The minimum absolute atomic E-state index is 0.103. The number of hydrogen-bond donors (Lipinski definition) is 1. The summed E-state index contributed by atoms with van der Waals surface area (Å²) >= 11 is 0. The van der Waals surface area contributed by atoms with E-state index in [1.807, 2.05) is 0 Å². The van der Waals surface area contributed by atoms with E-state index in [9.17, 15) is 10.1 Å². The second kappa shape index (κ2) is 3.33. The third-order valence-corrected chi connectivity index (χ3v) is 1.67. The van der Waals surface area contributed by atoms with Gasteiger partial charge in [-0.15, -0.1) is 0 Å². The predicted octanol–water partition coefficient (Wildman–Crippen LogP) is 0.153. The molecule has 0 bridgehead atoms. The van der Waals surface area contributed by atoms with Crippen LogP contribution in [-0.2, 0) is 0 Å². The van der Waals surface area contributed by atoms with Crippen LogP contribution >= 0.6 is 0 Å². The molecule has 2 N–H and O–H groups in total. The number of nitrogens with zero attached hydrogens (tertiary/aromatic N) is 5. The summed E-state index contributed by atoms with van der Waals surface area (Å²) < 4.78 is 1.25. The maximum Gasteiger partial charge on any atom is 0.307 e. The molecule has 0 aliphatic carbocycles. The van der Waals surface area contributed by atoms with E-state index in [0.29, 0.717) is 5.82 Å². The van der Waals surface area contributed by atoms with Crippen molar-refractivity contribution in [3.8, 4) is 5.82 Å². The van der Waals surface area contributed by atoms with Gasteiger partial charge in [0.2, 0.25) is 0 Å². The van der Waals surface area contributed by atoms with Crippen LogP contribution in [0.4, 0.5) is 11.5 Å². The zero-order valence-corrected chi connectivity index (χ0v) is 7.44. The standard InChI is InChI=1S/C7H6N6O2/c8-6-2-10-7(3-9-6)12-4-5(1-11-12)13(14)15/h1-4H,(H2,8,9). The van der Waals surface area contributed by atoms with E-state index in [2.05, 4.69) is 15.1 Å². The van der Waals surface area contributed by atoms with Crippen molar-refractivity contribution in [2.45, 2.75) is 0 Å². The van der Waals surface area contributed by atoms with E-state index in [1.54, 1.807) is 0 Å². The lowest BCUT2D eigenvalue weighted by molar-refractivity contribution is -0.384. The SMILES string of the molecule is Nc1cnc(-n2cc([N+](=O)[O-])cn2)cn1. The third kappa shape index (κ3) is 1.73. The van der Waals surface area contributed by atoms with Crippen LogP contribution in [0.3, 0.4) is 0 Å². The largest absolute Gasteiger partial charge is 0.382 e. The molecular weight excluding hydrogens is 200 g/mol. The Morgan fingerprint density at radius 1 is 1.33 bits per heavy atom. The van der Waals surface area contributed by atoms with Crippen LogP contribution in [0, 0.1) is 10.1 Å². The zero-order chi connectivity index (χ0) is 10.8. The van der Waals surface area contributed by atoms with Crippen LogP contribution in [0.25, 0.3) is 5.82 Å². The first-order valence-corrected chi connectivity index (χ1v) is 3.94. The van der Waals surface area contributed by atoms with Crippen LogP contribution in [0.2, 0.25) is 0 Å². The van der Waals surface area contributed by atoms with Crippen molar-refractivity contribution < 1.29 is 4.92 Å². The van der Waals surface area contributed by atoms with Crippen LogP contribution < -0.4 is 5.73 Å². The summed E-state index contributed by atoms with van der Waals surface area (Å²) in [6.07, 6.45) is 5.12. The van der Waals surface area contributed by atoms with Gasteiger partial charge in [-0.2, -0.15) is 5.10 Å². The Balaban J connectivity index is 2.37. The zero-order valence-electron chi connectivity index (χ0n) is 7.44. The van der Waals surface area contributed by atoms with E-state index in [-0.39, 0.29) is 11.5 Å². The number of rotatable bonds is 2. The summed E-state index contributed by atoms with van der Waals surface area (Å²) in [7, 11) is 0. The minimum atomic E-state index is -0.534. The molecule has 8 heteroatoms. The summed E-state index contributed by atoms with van der Waals surface area (Å²) in [4.78, 5) is 17.6. The van der Waals surface area contributed by atoms with Gasteiger partial charge in [0.15, 0.2) is 5.82 Å². The summed E-state index contributed by atoms with van der Waals surface area (Å²) in [6.45, 7) is 0. The average Bonchev–Trinajstić information content (AvgIpc) is 2.68. The topological polar surface area (TPSA) is 113 Å². The molecule has 76 valence electrons. The Labute approximate surface area is 83.5 Å². The van der Waals surface area contributed by atoms with Crippen molar-refractivity contribution in [2.24, 2.45) is 0 Å². The molecule has 0 spiro atoms. The molecular formula is C7H6N6O2. The molecule has 0 aromatic carbocycles. The van der Waals surface area contributed by atoms with Gasteiger partial charge < -0.3 is 5.73 Å². The number of aromatic nitrogens is 4. The smallest absolute Gasteiger partial charge is 0.307 e. The summed E-state index contributed by atoms with van der Waals surface area (Å²) in [5, 5.41) is 14.2. The molecule has 15 heavy (non-hydrogen) atoms. The van der Waals surface area contributed by atoms with Gasteiger partial charge in [0.25, 0.3) is 0 Å². The highest BCUT2D eigenvalue weighted by Gasteiger charge is 2.10. The van der Waals surface area contributed by atoms with Gasteiger partial charge >= 0.3 is 5.69 Å². The van der Waals surface area contributed by atoms with E-state index < -0.39 is 4.92 Å². The van der Waals surface area contributed by atoms with Crippen molar-refractivity contribution in [3.05, 3.63) is 34.9 Å². The fraction of sp³-hybridized carbons (Fsp3) is 0. The Hall–Kier alpha value is -2.51. The van der Waals surface area contributed by atoms with Gasteiger partial charge in [0, 0.05) is 0 Å². The highest BCUT2D eigenvalue weighted by molar-refractivity contribution is 5.31. The van der Waals surface area contributed by atoms with Crippen LogP contribution in [0.5, 0.6) is 0 Å². The molecule has 2 aromatic rings. The normalized spacial score (nSPS) is 10.1. The minimum Gasteiger partial charge on any atom is -0.382 e. The number of nitrogen functional groups attached to an aromatic ring is 1. The summed E-state index contributed by atoms with van der Waals surface area (Å²) in [5.74, 6) is 0.651. The fourth-order valence-corrected chi connectivity index (χ4v) is 0.982. The molecule has 0 aliphatic heterocycles. The molecule has 0 saturated carbocycles. The van der Waals surface area contributed by atoms with Gasteiger partial charge in [-0.3, -0.25) is 10.1 Å². The van der Waals surface area contributed by atoms with E-state index in [1.165, 1.54) is 23.3 Å². The molecule has 2 heterocycles. The quantitative estimate of drug-likeness (QED) is 0.552. The lowest BCUT2D eigenvalue weighted by Gasteiger charge is -1.97. The Morgan fingerprint density at radius 3 is 2.67 bits per heavy atom. The Bertz CT molecular complexity index is 490. The average molecular weight is 206 g/mol. The maximum atomic E-state index is 10.4. The van der Waals surface area contributed by atoms with E-state index in [0.717, 1.165) is 6.20 Å². The van der Waals surface area contributed by atoms with E-state index in [4.69, 9.17) is 5.73 Å². The molecule has 0 unspecified atom stereocenters. The second-order valence-electron chi connectivity index (χ2n) is 2.70. The van der Waals surface area contributed by atoms with Crippen molar-refractivity contribution >= 4 is 11.5 Å². The molecule has 2 rings (SSSR count). The van der Waals surface area contributed by atoms with Crippen molar-refractivity contribution in [3.63, 3.8) is 0 Å². The van der Waals surface area contributed by atoms with Crippen LogP contribution in [-0.4, -0.2) is 24.7 Å². The molecule has 0 aliphatic rings. The molecule has 0 saturated heterocycles. The lowest BCUT2D eigenvalue weighted by Crippen LogP contribution is -2.00. The molecule has 8 nitrogen and oxygen atoms in total. The first-order chi connectivity index (χ1) is 7.16. The maximum absolute atomic E-state index is 10.4. The van der Waals surface area contributed by atoms with Crippen molar-refractivity contribution in [1.82, 2.24) is 19.7 Å². The summed E-state index contributed by atoms with van der Waals surface area (Å²) in [6, 6.07) is 0. The van der Waals surface area contributed by atoms with Crippen molar-refractivity contribution in [2.75, 3.05) is 5.73 Å². The Kier molecular flexibility index (Phi) is 2.01. The Morgan fingerprint density at radius 2 is 2.13 bits per heavy atom. The first kappa shape index (κ1) is 9.06. The fourth-order valence-electron chi connectivity index (χ4n) is 0.982. The van der Waals surface area contributed by atoms with Gasteiger partial charge in [0.05, 0.1) is 17.3 Å². The lowest BCUT2D eigenvalue weighted by atomic mass is 10.6. The van der Waals surface area contributed by atoms with E-state index >= 15 is 0 Å². The monoisotopic (exact) mass is 206 g/mol. The van der Waals surface area contributed by atoms with Crippen LogP contribution in [0.1, 0.15) is 0 Å². The van der Waals surface area contributed by atoms with Crippen LogP contribution in [0.15, 0.2) is 24.8 Å². The van der Waals surface area contributed by atoms with Gasteiger partial charge in [-0.25, -0.2) is 14.6 Å². The molecule has 0 atom stereocenters. The predicted molar refractivity (Wildman–Crippen MR) is 50.2 cm³/mol. The first-order valence-electron chi connectivity index (χ1n) is 3.94. The van der Waals surface area contributed by atoms with Gasteiger partial charge in [-0.05, 0) is 0 Å². The highest BCUT2D eigenvalue weighted by Crippen LogP contribution is 2.11. The van der Waals surface area contributed by atoms with Crippen molar-refractivity contribution in [1.29, 1.82) is 0 Å². The number of nitro groups is 1. The number of anilines is 1. The molecule has 0 amide bonds. The summed E-state index contributed by atoms with van der Waals surface area (Å²) in [5.41, 5.74) is 5.24. The third-order valence-electron chi connectivity index (χ3n) is 1.67. The van der Waals surface area contributed by atoms with Gasteiger partial charge in [0.1, 0.15) is 18.2 Å². The number of hydrogen-bond acceptors (Lipinski definition) is 6. The highest BCUT2D eigenvalue weighted by atomic mass is 16.6.